The first kappa shape index (κ1) is 11.5. The molecule has 1 heterocycles. The van der Waals surface area contributed by atoms with E-state index in [0.29, 0.717) is 6.04 Å². The Balaban J connectivity index is 2.16. The molecule has 1 aromatic rings. The van der Waals surface area contributed by atoms with Crippen LogP contribution in [0.25, 0.3) is 0 Å². The van der Waals surface area contributed by atoms with Gasteiger partial charge in [-0.2, -0.15) is 0 Å². The number of nitrogens with zero attached hydrogens (tertiary/aromatic N) is 1. The fourth-order valence-corrected chi connectivity index (χ4v) is 2.87. The van der Waals surface area contributed by atoms with Crippen LogP contribution in [0.4, 0.5) is 5.69 Å². The van der Waals surface area contributed by atoms with Gasteiger partial charge in [-0.15, -0.1) is 0 Å². The van der Waals surface area contributed by atoms with Crippen molar-refractivity contribution in [2.75, 3.05) is 11.1 Å². The fraction of sp³-hybridized carbons (Fsp3) is 0.462. The van der Waals surface area contributed by atoms with Gasteiger partial charge in [0.15, 0.2) is 5.17 Å². The lowest BCUT2D eigenvalue weighted by Gasteiger charge is -2.11. The number of benzene rings is 1. The molecule has 2 nitrogen and oxygen atoms in total. The lowest BCUT2D eigenvalue weighted by atomic mass is 10.1. The molecule has 0 fully saturated rings. The highest BCUT2D eigenvalue weighted by molar-refractivity contribution is 8.14. The van der Waals surface area contributed by atoms with Crippen LogP contribution >= 0.6 is 11.8 Å². The smallest absolute Gasteiger partial charge is 0.161 e. The van der Waals surface area contributed by atoms with Gasteiger partial charge >= 0.3 is 0 Å². The SMILES string of the molecule is CCC1CSC(Nc2c(C)cccc2C)=N1. The summed E-state index contributed by atoms with van der Waals surface area (Å²) in [5.74, 6) is 1.11. The summed E-state index contributed by atoms with van der Waals surface area (Å²) < 4.78 is 0. The lowest BCUT2D eigenvalue weighted by molar-refractivity contribution is 0.738. The number of hydrogen-bond donors (Lipinski definition) is 1. The summed E-state index contributed by atoms with van der Waals surface area (Å²) in [7, 11) is 0. The van der Waals surface area contributed by atoms with Crippen LogP contribution in [-0.4, -0.2) is 17.0 Å². The van der Waals surface area contributed by atoms with Crippen molar-refractivity contribution in [2.45, 2.75) is 33.2 Å². The Kier molecular flexibility index (Phi) is 3.54. The summed E-state index contributed by atoms with van der Waals surface area (Å²) in [5.41, 5.74) is 3.78. The van der Waals surface area contributed by atoms with Crippen LogP contribution in [-0.2, 0) is 0 Å². The van der Waals surface area contributed by atoms with Gasteiger partial charge in [0.2, 0.25) is 0 Å². The molecule has 1 aliphatic rings. The van der Waals surface area contributed by atoms with Crippen molar-refractivity contribution in [3.63, 3.8) is 0 Å². The van der Waals surface area contributed by atoms with Gasteiger partial charge in [0.05, 0.1) is 6.04 Å². The molecule has 1 atom stereocenters. The minimum Gasteiger partial charge on any atom is -0.335 e. The van der Waals surface area contributed by atoms with Gasteiger partial charge in [-0.1, -0.05) is 36.9 Å². The number of hydrogen-bond acceptors (Lipinski definition) is 3. The highest BCUT2D eigenvalue weighted by Crippen LogP contribution is 2.25. The van der Waals surface area contributed by atoms with Gasteiger partial charge in [0, 0.05) is 11.4 Å². The standard InChI is InChI=1S/C13H18N2S/c1-4-11-8-16-13(14-11)15-12-9(2)6-5-7-10(12)3/h5-7,11H,4,8H2,1-3H3,(H,14,15). The quantitative estimate of drug-likeness (QED) is 0.845. The first-order valence-corrected chi connectivity index (χ1v) is 6.73. The largest absolute Gasteiger partial charge is 0.335 e. The normalized spacial score (nSPS) is 19.7. The fourth-order valence-electron chi connectivity index (χ4n) is 1.81. The average Bonchev–Trinajstić information content (AvgIpc) is 2.71. The Morgan fingerprint density at radius 2 is 2.06 bits per heavy atom. The van der Waals surface area contributed by atoms with E-state index in [0.717, 1.165) is 17.3 Å². The molecule has 1 aliphatic heterocycles. The Labute approximate surface area is 102 Å². The van der Waals surface area contributed by atoms with E-state index in [4.69, 9.17) is 0 Å². The number of rotatable bonds is 2. The average molecular weight is 234 g/mol. The zero-order valence-corrected chi connectivity index (χ0v) is 10.9. The van der Waals surface area contributed by atoms with Gasteiger partial charge in [-0.25, -0.2) is 0 Å². The van der Waals surface area contributed by atoms with E-state index >= 15 is 0 Å². The molecule has 0 aromatic heterocycles. The summed E-state index contributed by atoms with van der Waals surface area (Å²) in [4.78, 5) is 4.65. The van der Waals surface area contributed by atoms with Crippen molar-refractivity contribution in [3.05, 3.63) is 29.3 Å². The van der Waals surface area contributed by atoms with Gasteiger partial charge in [0.25, 0.3) is 0 Å². The summed E-state index contributed by atoms with van der Waals surface area (Å²) in [6.45, 7) is 6.45. The first-order chi connectivity index (χ1) is 7.70. The zero-order valence-electron chi connectivity index (χ0n) is 10.1. The van der Waals surface area contributed by atoms with Crippen LogP contribution < -0.4 is 5.32 Å². The molecule has 2 rings (SSSR count). The summed E-state index contributed by atoms with van der Waals surface area (Å²) in [6, 6.07) is 6.85. The van der Waals surface area contributed by atoms with Crippen LogP contribution in [0.5, 0.6) is 0 Å². The Morgan fingerprint density at radius 1 is 1.38 bits per heavy atom. The third kappa shape index (κ3) is 2.40. The Hall–Kier alpha value is -0.960. The highest BCUT2D eigenvalue weighted by atomic mass is 32.2. The number of thioether (sulfide) groups is 1. The molecule has 0 aliphatic carbocycles. The molecule has 1 N–H and O–H groups in total. The van der Waals surface area contributed by atoms with Gasteiger partial charge in [-0.3, -0.25) is 4.99 Å². The molecule has 86 valence electrons. The van der Waals surface area contributed by atoms with Crippen LogP contribution in [0.2, 0.25) is 0 Å². The molecule has 0 saturated carbocycles. The minimum atomic E-state index is 0.497. The molecular formula is C13H18N2S. The molecule has 0 bridgehead atoms. The van der Waals surface area contributed by atoms with Crippen molar-refractivity contribution in [1.29, 1.82) is 0 Å². The van der Waals surface area contributed by atoms with E-state index < -0.39 is 0 Å². The minimum absolute atomic E-state index is 0.497. The summed E-state index contributed by atoms with van der Waals surface area (Å²) in [6.07, 6.45) is 1.13. The van der Waals surface area contributed by atoms with Crippen LogP contribution in [0.1, 0.15) is 24.5 Å². The molecule has 3 heteroatoms. The van der Waals surface area contributed by atoms with E-state index in [2.05, 4.69) is 49.3 Å². The molecule has 0 spiro atoms. The molecule has 1 aromatic carbocycles. The summed E-state index contributed by atoms with van der Waals surface area (Å²) in [5, 5.41) is 4.53. The van der Waals surface area contributed by atoms with Crippen molar-refractivity contribution in [2.24, 2.45) is 4.99 Å². The van der Waals surface area contributed by atoms with Crippen molar-refractivity contribution in [3.8, 4) is 0 Å². The maximum absolute atomic E-state index is 4.65. The molecule has 1 unspecified atom stereocenters. The van der Waals surface area contributed by atoms with Crippen molar-refractivity contribution >= 4 is 22.6 Å². The van der Waals surface area contributed by atoms with Crippen molar-refractivity contribution in [1.82, 2.24) is 0 Å². The van der Waals surface area contributed by atoms with E-state index in [1.54, 1.807) is 0 Å². The Morgan fingerprint density at radius 3 is 2.62 bits per heavy atom. The maximum Gasteiger partial charge on any atom is 0.161 e. The first-order valence-electron chi connectivity index (χ1n) is 5.74. The second kappa shape index (κ2) is 4.91. The monoisotopic (exact) mass is 234 g/mol. The predicted molar refractivity (Wildman–Crippen MR) is 73.5 cm³/mol. The van der Waals surface area contributed by atoms with Gasteiger partial charge in [0.1, 0.15) is 0 Å². The number of amidine groups is 1. The van der Waals surface area contributed by atoms with E-state index in [-0.39, 0.29) is 0 Å². The third-order valence-electron chi connectivity index (χ3n) is 2.90. The topological polar surface area (TPSA) is 24.4 Å². The third-order valence-corrected chi connectivity index (χ3v) is 3.93. The highest BCUT2D eigenvalue weighted by Gasteiger charge is 2.17. The number of nitrogens with one attached hydrogen (secondary N) is 1. The second-order valence-electron chi connectivity index (χ2n) is 4.20. The zero-order chi connectivity index (χ0) is 11.5. The summed E-state index contributed by atoms with van der Waals surface area (Å²) >= 11 is 1.83. The van der Waals surface area contributed by atoms with E-state index in [1.807, 2.05) is 11.8 Å². The maximum atomic E-state index is 4.65. The van der Waals surface area contributed by atoms with Gasteiger partial charge in [-0.05, 0) is 31.4 Å². The van der Waals surface area contributed by atoms with Crippen molar-refractivity contribution < 1.29 is 0 Å². The molecule has 0 saturated heterocycles. The molecule has 16 heavy (non-hydrogen) atoms. The number of anilines is 1. The number of para-hydroxylation sites is 1. The number of aliphatic imine (C=N–C) groups is 1. The molecular weight excluding hydrogens is 216 g/mol. The van der Waals surface area contributed by atoms with Gasteiger partial charge < -0.3 is 5.32 Å². The van der Waals surface area contributed by atoms with Crippen LogP contribution in [0.3, 0.4) is 0 Å². The second-order valence-corrected chi connectivity index (χ2v) is 5.21. The lowest BCUT2D eigenvalue weighted by Crippen LogP contribution is -2.08. The van der Waals surface area contributed by atoms with E-state index in [9.17, 15) is 0 Å². The number of aryl methyl sites for hydroxylation is 2. The predicted octanol–water partition coefficient (Wildman–Crippen LogP) is 3.60. The van der Waals surface area contributed by atoms with Crippen LogP contribution in [0.15, 0.2) is 23.2 Å². The molecule has 0 radical (unpaired) electrons. The molecule has 0 amide bonds. The van der Waals surface area contributed by atoms with E-state index in [1.165, 1.54) is 16.8 Å². The van der Waals surface area contributed by atoms with Crippen LogP contribution in [0, 0.1) is 13.8 Å². The Bertz CT molecular complexity index is 392.